The molecule has 0 radical (unpaired) electrons. The zero-order chi connectivity index (χ0) is 20.1. The number of ether oxygens (including phenoxy) is 1. The summed E-state index contributed by atoms with van der Waals surface area (Å²) in [5, 5.41) is 15.3. The fourth-order valence-electron chi connectivity index (χ4n) is 3.03. The lowest BCUT2D eigenvalue weighted by atomic mass is 10.1. The van der Waals surface area contributed by atoms with E-state index in [9.17, 15) is 14.4 Å². The molecule has 2 heterocycles. The average Bonchev–Trinajstić information content (AvgIpc) is 2.98. The molecular weight excluding hydrogens is 363 g/mol. The minimum absolute atomic E-state index is 0.238. The number of nitrogens with zero attached hydrogens (tertiary/aromatic N) is 3. The van der Waals surface area contributed by atoms with E-state index in [-0.39, 0.29) is 11.7 Å². The molecule has 7 nitrogen and oxygen atoms in total. The van der Waals surface area contributed by atoms with Crippen LogP contribution in [0.25, 0.3) is 22.5 Å². The second-order valence-electron chi connectivity index (χ2n) is 6.30. The van der Waals surface area contributed by atoms with Gasteiger partial charge in [0.2, 0.25) is 12.2 Å². The molecule has 0 bridgehead atoms. The van der Waals surface area contributed by atoms with Gasteiger partial charge in [0.1, 0.15) is 11.6 Å². The van der Waals surface area contributed by atoms with Gasteiger partial charge in [0.15, 0.2) is 11.4 Å². The number of carbonyl (C=O) groups excluding carboxylic acids is 1. The van der Waals surface area contributed by atoms with Gasteiger partial charge in [-0.3, -0.25) is 4.79 Å². The molecule has 28 heavy (non-hydrogen) atoms. The maximum absolute atomic E-state index is 13.4. The molecule has 0 saturated heterocycles. The first-order valence-electron chi connectivity index (χ1n) is 8.80. The molecule has 3 rings (SSSR count). The molecule has 8 heteroatoms. The molecule has 146 valence electrons. The van der Waals surface area contributed by atoms with E-state index in [0.29, 0.717) is 47.9 Å². The molecule has 2 aromatic heterocycles. The van der Waals surface area contributed by atoms with Gasteiger partial charge in [0.05, 0.1) is 6.54 Å². The lowest BCUT2D eigenvalue weighted by Gasteiger charge is -2.08. The third kappa shape index (κ3) is 4.34. The van der Waals surface area contributed by atoms with E-state index >= 15 is 0 Å². The van der Waals surface area contributed by atoms with Crippen LogP contribution in [0.1, 0.15) is 13.3 Å². The molecule has 0 aliphatic rings. The molecule has 0 spiro atoms. The standard InChI is InChI=1S/C20H21FN4O3/c1-14(26)23-18-12-16(8-9-22-18)19-20(15-4-6-17(21)7-5-15)25(27)13-24(19)10-3-11-28-2/h4-9,12-13H,3,10-11H2,1-2H3,(H,22,23,26). The molecule has 0 saturated carbocycles. The largest absolute Gasteiger partial charge is 0.710 e. The number of imidazole rings is 1. The minimum atomic E-state index is -0.376. The van der Waals surface area contributed by atoms with E-state index in [1.165, 1.54) is 25.4 Å². The summed E-state index contributed by atoms with van der Waals surface area (Å²) in [5.41, 5.74) is 2.36. The summed E-state index contributed by atoms with van der Waals surface area (Å²) in [6.45, 7) is 2.51. The zero-order valence-corrected chi connectivity index (χ0v) is 15.7. The summed E-state index contributed by atoms with van der Waals surface area (Å²) in [5.74, 6) is -0.228. The van der Waals surface area contributed by atoms with Crippen molar-refractivity contribution in [2.24, 2.45) is 0 Å². The lowest BCUT2D eigenvalue weighted by Crippen LogP contribution is -2.25. The van der Waals surface area contributed by atoms with E-state index in [4.69, 9.17) is 4.74 Å². The van der Waals surface area contributed by atoms with Gasteiger partial charge in [0.25, 0.3) is 0 Å². The number of methoxy groups -OCH3 is 1. The number of aryl methyl sites for hydroxylation is 1. The molecule has 0 aliphatic carbocycles. The smallest absolute Gasteiger partial charge is 0.247 e. The van der Waals surface area contributed by atoms with E-state index in [2.05, 4.69) is 10.3 Å². The lowest BCUT2D eigenvalue weighted by molar-refractivity contribution is -0.593. The van der Waals surface area contributed by atoms with Crippen LogP contribution >= 0.6 is 0 Å². The van der Waals surface area contributed by atoms with Gasteiger partial charge in [-0.15, -0.1) is 0 Å². The maximum Gasteiger partial charge on any atom is 0.247 e. The van der Waals surface area contributed by atoms with Crippen LogP contribution in [0.15, 0.2) is 48.9 Å². The first kappa shape index (κ1) is 19.5. The van der Waals surface area contributed by atoms with Gasteiger partial charge in [0, 0.05) is 44.4 Å². The van der Waals surface area contributed by atoms with Gasteiger partial charge in [-0.1, -0.05) is 0 Å². The Labute approximate surface area is 162 Å². The summed E-state index contributed by atoms with van der Waals surface area (Å²) < 4.78 is 21.1. The number of rotatable bonds is 7. The van der Waals surface area contributed by atoms with Crippen molar-refractivity contribution in [1.82, 2.24) is 9.55 Å². The predicted molar refractivity (Wildman–Crippen MR) is 103 cm³/mol. The number of carbonyl (C=O) groups is 1. The Morgan fingerprint density at radius 1 is 1.29 bits per heavy atom. The Bertz CT molecular complexity index is 970. The molecule has 0 fully saturated rings. The molecule has 3 aromatic rings. The molecule has 0 atom stereocenters. The highest BCUT2D eigenvalue weighted by molar-refractivity contribution is 5.88. The summed E-state index contributed by atoms with van der Waals surface area (Å²) in [4.78, 5) is 15.5. The predicted octanol–water partition coefficient (Wildman–Crippen LogP) is 2.98. The van der Waals surface area contributed by atoms with Crippen molar-refractivity contribution in [1.29, 1.82) is 0 Å². The first-order valence-corrected chi connectivity index (χ1v) is 8.80. The van der Waals surface area contributed by atoms with Crippen LogP contribution in [0.3, 0.4) is 0 Å². The maximum atomic E-state index is 13.4. The second-order valence-corrected chi connectivity index (χ2v) is 6.30. The van der Waals surface area contributed by atoms with Crippen LogP contribution in [-0.4, -0.2) is 29.2 Å². The van der Waals surface area contributed by atoms with E-state index < -0.39 is 0 Å². The number of amides is 1. The number of hydrogen-bond acceptors (Lipinski definition) is 4. The number of nitrogens with one attached hydrogen (secondary N) is 1. The molecule has 1 N–H and O–H groups in total. The molecule has 0 unspecified atom stereocenters. The van der Waals surface area contributed by atoms with E-state index in [1.54, 1.807) is 37.6 Å². The number of halogens is 1. The van der Waals surface area contributed by atoms with Crippen LogP contribution in [0, 0.1) is 11.0 Å². The number of anilines is 1. The number of pyridine rings is 1. The Morgan fingerprint density at radius 2 is 2.04 bits per heavy atom. The summed E-state index contributed by atoms with van der Waals surface area (Å²) in [6.07, 6.45) is 3.74. The highest BCUT2D eigenvalue weighted by Gasteiger charge is 2.24. The molecule has 0 aliphatic heterocycles. The Morgan fingerprint density at radius 3 is 2.71 bits per heavy atom. The zero-order valence-electron chi connectivity index (χ0n) is 15.7. The highest BCUT2D eigenvalue weighted by Crippen LogP contribution is 2.31. The molecule has 1 aromatic carbocycles. The van der Waals surface area contributed by atoms with Gasteiger partial charge in [-0.2, -0.15) is 0 Å². The fraction of sp³-hybridized carbons (Fsp3) is 0.250. The van der Waals surface area contributed by atoms with Crippen LogP contribution in [0.2, 0.25) is 0 Å². The van der Waals surface area contributed by atoms with Crippen molar-refractivity contribution >= 4 is 11.7 Å². The number of aromatic nitrogens is 3. The fourth-order valence-corrected chi connectivity index (χ4v) is 3.03. The third-order valence-corrected chi connectivity index (χ3v) is 4.18. The van der Waals surface area contributed by atoms with E-state index in [0.717, 1.165) is 4.73 Å². The Kier molecular flexibility index (Phi) is 6.00. The van der Waals surface area contributed by atoms with Gasteiger partial charge >= 0.3 is 0 Å². The van der Waals surface area contributed by atoms with Crippen LogP contribution in [0.5, 0.6) is 0 Å². The quantitative estimate of drug-likeness (QED) is 0.386. The number of hydrogen-bond donors (Lipinski definition) is 1. The molecule has 1 amide bonds. The first-order chi connectivity index (χ1) is 13.5. The van der Waals surface area contributed by atoms with Crippen molar-refractivity contribution in [3.05, 3.63) is 59.9 Å². The minimum Gasteiger partial charge on any atom is -0.710 e. The van der Waals surface area contributed by atoms with Crippen molar-refractivity contribution in [2.75, 3.05) is 19.0 Å². The van der Waals surface area contributed by atoms with Gasteiger partial charge in [-0.25, -0.2) is 18.7 Å². The molecular formula is C20H21FN4O3. The van der Waals surface area contributed by atoms with Crippen molar-refractivity contribution in [2.45, 2.75) is 19.9 Å². The highest BCUT2D eigenvalue weighted by atomic mass is 19.1. The van der Waals surface area contributed by atoms with Crippen molar-refractivity contribution in [3.63, 3.8) is 0 Å². The van der Waals surface area contributed by atoms with Crippen LogP contribution in [0.4, 0.5) is 10.2 Å². The monoisotopic (exact) mass is 384 g/mol. The third-order valence-electron chi connectivity index (χ3n) is 4.18. The summed E-state index contributed by atoms with van der Waals surface area (Å²) >= 11 is 0. The Hall–Kier alpha value is -3.26. The SMILES string of the molecule is COCCCn1c[n+]([O-])c(-c2ccc(F)cc2)c1-c1ccnc(NC(C)=O)c1. The van der Waals surface area contributed by atoms with Crippen LogP contribution < -0.4 is 10.0 Å². The summed E-state index contributed by atoms with van der Waals surface area (Å²) in [7, 11) is 1.62. The van der Waals surface area contributed by atoms with Crippen molar-refractivity contribution < 1.29 is 18.7 Å². The number of benzene rings is 1. The summed E-state index contributed by atoms with van der Waals surface area (Å²) in [6, 6.07) is 9.24. The normalized spacial score (nSPS) is 10.8. The van der Waals surface area contributed by atoms with Gasteiger partial charge < -0.3 is 15.3 Å². The topological polar surface area (TPSA) is 83.1 Å². The Balaban J connectivity index is 2.13. The van der Waals surface area contributed by atoms with Gasteiger partial charge in [-0.05, 0) is 36.4 Å². The second kappa shape index (κ2) is 8.62. The average molecular weight is 384 g/mol. The van der Waals surface area contributed by atoms with Crippen molar-refractivity contribution in [3.8, 4) is 22.5 Å². The van der Waals surface area contributed by atoms with E-state index in [1.807, 2.05) is 4.57 Å². The van der Waals surface area contributed by atoms with Crippen LogP contribution in [-0.2, 0) is 16.1 Å².